The van der Waals surface area contributed by atoms with Crippen LogP contribution in [0.5, 0.6) is 0 Å². The van der Waals surface area contributed by atoms with Gasteiger partial charge in [-0.2, -0.15) is 0 Å². The van der Waals surface area contributed by atoms with E-state index in [2.05, 4.69) is 4.74 Å². The molecule has 0 radical (unpaired) electrons. The Bertz CT molecular complexity index is 295. The van der Waals surface area contributed by atoms with Crippen molar-refractivity contribution >= 4 is 11.9 Å². The van der Waals surface area contributed by atoms with Gasteiger partial charge in [0.25, 0.3) is 0 Å². The van der Waals surface area contributed by atoms with Crippen LogP contribution in [-0.2, 0) is 23.8 Å². The number of rotatable bonds is 7. The fraction of sp³-hybridized carbons (Fsp3) is 0.846. The Balaban J connectivity index is 2.28. The van der Waals surface area contributed by atoms with Crippen LogP contribution < -0.4 is 0 Å². The first-order valence-electron chi connectivity index (χ1n) is 6.71. The third kappa shape index (κ3) is 6.02. The molecule has 1 unspecified atom stereocenters. The first-order valence-corrected chi connectivity index (χ1v) is 6.71. The molecule has 0 aromatic heterocycles. The lowest BCUT2D eigenvalue weighted by Crippen LogP contribution is -2.46. The summed E-state index contributed by atoms with van der Waals surface area (Å²) in [6, 6.07) is 0. The van der Waals surface area contributed by atoms with Crippen LogP contribution in [0.1, 0.15) is 26.2 Å². The van der Waals surface area contributed by atoms with Gasteiger partial charge in [0.1, 0.15) is 0 Å². The molecule has 1 rings (SSSR count). The second-order valence-corrected chi connectivity index (χ2v) is 4.48. The van der Waals surface area contributed by atoms with Crippen molar-refractivity contribution in [2.75, 3.05) is 40.0 Å². The van der Waals surface area contributed by atoms with E-state index in [1.165, 1.54) is 7.11 Å². The van der Waals surface area contributed by atoms with E-state index in [4.69, 9.17) is 9.47 Å². The van der Waals surface area contributed by atoms with Crippen molar-refractivity contribution in [1.82, 2.24) is 4.90 Å². The van der Waals surface area contributed by atoms with Crippen LogP contribution in [0.15, 0.2) is 0 Å². The number of hydrogen-bond donors (Lipinski definition) is 0. The molecule has 1 fully saturated rings. The molecule has 1 saturated heterocycles. The number of morpholine rings is 1. The number of methoxy groups -OCH3 is 1. The van der Waals surface area contributed by atoms with Gasteiger partial charge >= 0.3 is 5.97 Å². The Morgan fingerprint density at radius 1 is 1.37 bits per heavy atom. The van der Waals surface area contributed by atoms with Crippen LogP contribution in [0, 0.1) is 0 Å². The molecule has 6 heteroatoms. The quantitative estimate of drug-likeness (QED) is 0.502. The number of esters is 1. The van der Waals surface area contributed by atoms with Crippen LogP contribution in [0.2, 0.25) is 0 Å². The SMILES string of the molecule is CCCOCCC(=O)N1CCOC(CC(=O)OC)C1. The molecule has 0 aromatic carbocycles. The first-order chi connectivity index (χ1) is 9.17. The Morgan fingerprint density at radius 3 is 2.84 bits per heavy atom. The van der Waals surface area contributed by atoms with E-state index in [0.29, 0.717) is 39.3 Å². The zero-order chi connectivity index (χ0) is 14.1. The molecule has 1 atom stereocenters. The summed E-state index contributed by atoms with van der Waals surface area (Å²) in [6.45, 7) is 4.64. The van der Waals surface area contributed by atoms with Gasteiger partial charge < -0.3 is 19.1 Å². The number of amides is 1. The van der Waals surface area contributed by atoms with E-state index >= 15 is 0 Å². The van der Waals surface area contributed by atoms with Crippen molar-refractivity contribution < 1.29 is 23.8 Å². The third-order valence-corrected chi connectivity index (χ3v) is 2.92. The maximum Gasteiger partial charge on any atom is 0.308 e. The van der Waals surface area contributed by atoms with Crippen LogP contribution in [-0.4, -0.2) is 62.9 Å². The predicted octanol–water partition coefficient (Wildman–Crippen LogP) is 0.594. The van der Waals surface area contributed by atoms with Gasteiger partial charge in [0, 0.05) is 19.7 Å². The lowest BCUT2D eigenvalue weighted by atomic mass is 10.2. The average Bonchev–Trinajstić information content (AvgIpc) is 2.43. The third-order valence-electron chi connectivity index (χ3n) is 2.92. The van der Waals surface area contributed by atoms with Crippen molar-refractivity contribution in [1.29, 1.82) is 0 Å². The zero-order valence-corrected chi connectivity index (χ0v) is 11.7. The molecule has 6 nitrogen and oxygen atoms in total. The molecule has 0 N–H and O–H groups in total. The first kappa shape index (κ1) is 15.9. The van der Waals surface area contributed by atoms with Gasteiger partial charge in [-0.15, -0.1) is 0 Å². The van der Waals surface area contributed by atoms with Gasteiger partial charge in [-0.05, 0) is 6.42 Å². The monoisotopic (exact) mass is 273 g/mol. The Morgan fingerprint density at radius 2 is 2.16 bits per heavy atom. The van der Waals surface area contributed by atoms with Gasteiger partial charge in [0.2, 0.25) is 5.91 Å². The number of carbonyl (C=O) groups excluding carboxylic acids is 2. The van der Waals surface area contributed by atoms with E-state index in [9.17, 15) is 9.59 Å². The summed E-state index contributed by atoms with van der Waals surface area (Å²) in [4.78, 5) is 24.8. The van der Waals surface area contributed by atoms with Gasteiger partial charge in [-0.3, -0.25) is 9.59 Å². The van der Waals surface area contributed by atoms with E-state index in [0.717, 1.165) is 6.42 Å². The minimum Gasteiger partial charge on any atom is -0.469 e. The van der Waals surface area contributed by atoms with E-state index in [1.54, 1.807) is 4.90 Å². The molecule has 1 amide bonds. The number of nitrogens with zero attached hydrogens (tertiary/aromatic N) is 1. The maximum atomic E-state index is 11.9. The average molecular weight is 273 g/mol. The normalized spacial score (nSPS) is 19.3. The van der Waals surface area contributed by atoms with Crippen LogP contribution in [0.4, 0.5) is 0 Å². The van der Waals surface area contributed by atoms with Crippen LogP contribution in [0.25, 0.3) is 0 Å². The molecule has 1 aliphatic heterocycles. The van der Waals surface area contributed by atoms with Crippen molar-refractivity contribution in [3.63, 3.8) is 0 Å². The van der Waals surface area contributed by atoms with E-state index in [1.807, 2.05) is 6.92 Å². The highest BCUT2D eigenvalue weighted by Crippen LogP contribution is 2.10. The summed E-state index contributed by atoms with van der Waals surface area (Å²) < 4.78 is 15.3. The Labute approximate surface area is 114 Å². The number of hydrogen-bond acceptors (Lipinski definition) is 5. The highest BCUT2D eigenvalue weighted by molar-refractivity contribution is 5.76. The van der Waals surface area contributed by atoms with Gasteiger partial charge in [-0.25, -0.2) is 0 Å². The largest absolute Gasteiger partial charge is 0.469 e. The molecule has 1 aliphatic rings. The van der Waals surface area contributed by atoms with Crippen molar-refractivity contribution in [2.24, 2.45) is 0 Å². The zero-order valence-electron chi connectivity index (χ0n) is 11.7. The number of ether oxygens (including phenoxy) is 3. The minimum absolute atomic E-state index is 0.0502. The smallest absolute Gasteiger partial charge is 0.308 e. The van der Waals surface area contributed by atoms with E-state index < -0.39 is 0 Å². The van der Waals surface area contributed by atoms with E-state index in [-0.39, 0.29) is 24.4 Å². The molecule has 0 aromatic rings. The summed E-state index contributed by atoms with van der Waals surface area (Å²) in [5, 5.41) is 0. The summed E-state index contributed by atoms with van der Waals surface area (Å²) in [7, 11) is 1.35. The highest BCUT2D eigenvalue weighted by Gasteiger charge is 2.25. The van der Waals surface area contributed by atoms with Gasteiger partial charge in [0.05, 0.1) is 39.3 Å². The lowest BCUT2D eigenvalue weighted by Gasteiger charge is -2.32. The Kier molecular flexibility index (Phi) is 7.43. The Hall–Kier alpha value is -1.14. The van der Waals surface area contributed by atoms with Crippen molar-refractivity contribution in [3.8, 4) is 0 Å². The molecular formula is C13H23NO5. The highest BCUT2D eigenvalue weighted by atomic mass is 16.5. The molecule has 0 aliphatic carbocycles. The fourth-order valence-electron chi connectivity index (χ4n) is 1.90. The molecule has 1 heterocycles. The second kappa shape index (κ2) is 8.87. The lowest BCUT2D eigenvalue weighted by molar-refractivity contribution is -0.150. The molecular weight excluding hydrogens is 250 g/mol. The summed E-state index contributed by atoms with van der Waals surface area (Å²) in [6.07, 6.45) is 1.26. The topological polar surface area (TPSA) is 65.1 Å². The fourth-order valence-corrected chi connectivity index (χ4v) is 1.90. The maximum absolute atomic E-state index is 11.9. The molecule has 0 saturated carbocycles. The standard InChI is InChI=1S/C13H23NO5/c1-3-6-18-7-4-12(15)14-5-8-19-11(10-14)9-13(16)17-2/h11H,3-10H2,1-2H3. The number of carbonyl (C=O) groups is 2. The summed E-state index contributed by atoms with van der Waals surface area (Å²) in [5.74, 6) is -0.264. The van der Waals surface area contributed by atoms with Gasteiger partial charge in [-0.1, -0.05) is 6.92 Å². The van der Waals surface area contributed by atoms with Crippen LogP contribution >= 0.6 is 0 Å². The molecule has 19 heavy (non-hydrogen) atoms. The van der Waals surface area contributed by atoms with Crippen molar-refractivity contribution in [2.45, 2.75) is 32.3 Å². The summed E-state index contributed by atoms with van der Waals surface area (Å²) >= 11 is 0. The summed E-state index contributed by atoms with van der Waals surface area (Å²) in [5.41, 5.74) is 0. The molecule has 0 bridgehead atoms. The molecule has 0 spiro atoms. The molecule has 110 valence electrons. The minimum atomic E-state index is -0.314. The second-order valence-electron chi connectivity index (χ2n) is 4.48. The predicted molar refractivity (Wildman–Crippen MR) is 68.7 cm³/mol. The van der Waals surface area contributed by atoms with Crippen molar-refractivity contribution in [3.05, 3.63) is 0 Å². The van der Waals surface area contributed by atoms with Crippen LogP contribution in [0.3, 0.4) is 0 Å². The van der Waals surface area contributed by atoms with Gasteiger partial charge in [0.15, 0.2) is 0 Å².